The molecule has 0 saturated heterocycles. The number of benzene rings is 1. The van der Waals surface area contributed by atoms with Gasteiger partial charge in [-0.1, -0.05) is 11.6 Å². The lowest BCUT2D eigenvalue weighted by Gasteiger charge is -2.14. The number of carbonyl (C=O) groups excluding carboxylic acids is 2. The first kappa shape index (κ1) is 13.3. The average Bonchev–Trinajstić information content (AvgIpc) is 2.22. The molecule has 0 unspecified atom stereocenters. The first-order valence-electron chi connectivity index (χ1n) is 4.93. The standard InChI is InChI=1S/C11H13ClN2O3/c1-6-5-8(3-4-9(6)12)17-7(2)10(15)14-11(13)16/h3-5,7H,1-2H3,(H3,13,14,15,16)/t7-/m0/s1. The largest absolute Gasteiger partial charge is 0.481 e. The van der Waals surface area contributed by atoms with Crippen LogP contribution in [-0.4, -0.2) is 18.0 Å². The number of urea groups is 1. The van der Waals surface area contributed by atoms with Crippen LogP contribution in [0.1, 0.15) is 12.5 Å². The van der Waals surface area contributed by atoms with Crippen LogP contribution in [0.15, 0.2) is 18.2 Å². The number of amides is 3. The van der Waals surface area contributed by atoms with E-state index in [1.54, 1.807) is 18.2 Å². The van der Waals surface area contributed by atoms with Crippen molar-refractivity contribution in [1.29, 1.82) is 0 Å². The molecule has 5 nitrogen and oxygen atoms in total. The molecule has 17 heavy (non-hydrogen) atoms. The lowest BCUT2D eigenvalue weighted by atomic mass is 10.2. The molecule has 6 heteroatoms. The van der Waals surface area contributed by atoms with Gasteiger partial charge < -0.3 is 10.5 Å². The highest BCUT2D eigenvalue weighted by Gasteiger charge is 2.16. The second-order valence-electron chi connectivity index (χ2n) is 3.52. The first-order valence-corrected chi connectivity index (χ1v) is 5.31. The van der Waals surface area contributed by atoms with Crippen molar-refractivity contribution in [2.24, 2.45) is 5.73 Å². The van der Waals surface area contributed by atoms with Gasteiger partial charge in [-0.15, -0.1) is 0 Å². The Balaban J connectivity index is 2.67. The van der Waals surface area contributed by atoms with Crippen LogP contribution >= 0.6 is 11.6 Å². The molecule has 0 aliphatic heterocycles. The van der Waals surface area contributed by atoms with Gasteiger partial charge in [0.15, 0.2) is 6.10 Å². The molecule has 0 radical (unpaired) electrons. The SMILES string of the molecule is Cc1cc(O[C@@H](C)C(=O)NC(N)=O)ccc1Cl. The number of imide groups is 1. The van der Waals surface area contributed by atoms with E-state index in [9.17, 15) is 9.59 Å². The van der Waals surface area contributed by atoms with E-state index in [2.05, 4.69) is 0 Å². The number of primary amides is 1. The number of nitrogens with one attached hydrogen (secondary N) is 1. The topological polar surface area (TPSA) is 81.4 Å². The van der Waals surface area contributed by atoms with E-state index in [0.29, 0.717) is 10.8 Å². The number of halogens is 1. The maximum Gasteiger partial charge on any atom is 0.318 e. The van der Waals surface area contributed by atoms with E-state index >= 15 is 0 Å². The van der Waals surface area contributed by atoms with Gasteiger partial charge in [-0.05, 0) is 37.6 Å². The molecular weight excluding hydrogens is 244 g/mol. The zero-order valence-electron chi connectivity index (χ0n) is 9.49. The van der Waals surface area contributed by atoms with Crippen LogP contribution in [0.3, 0.4) is 0 Å². The summed E-state index contributed by atoms with van der Waals surface area (Å²) < 4.78 is 5.33. The van der Waals surface area contributed by atoms with E-state index < -0.39 is 18.0 Å². The molecule has 0 aliphatic rings. The van der Waals surface area contributed by atoms with Crippen LogP contribution in [0.2, 0.25) is 5.02 Å². The summed E-state index contributed by atoms with van der Waals surface area (Å²) in [4.78, 5) is 21.8. The number of aryl methyl sites for hydroxylation is 1. The molecular formula is C11H13ClN2O3. The third-order valence-corrected chi connectivity index (χ3v) is 2.48. The van der Waals surface area contributed by atoms with Gasteiger partial charge >= 0.3 is 6.03 Å². The molecule has 0 saturated carbocycles. The number of nitrogens with two attached hydrogens (primary N) is 1. The summed E-state index contributed by atoms with van der Waals surface area (Å²) in [6.07, 6.45) is -0.817. The van der Waals surface area contributed by atoms with Gasteiger partial charge in [0, 0.05) is 5.02 Å². The zero-order valence-corrected chi connectivity index (χ0v) is 10.2. The molecule has 0 aromatic heterocycles. The Bertz CT molecular complexity index is 448. The highest BCUT2D eigenvalue weighted by molar-refractivity contribution is 6.31. The van der Waals surface area contributed by atoms with Crippen molar-refractivity contribution in [2.45, 2.75) is 20.0 Å². The number of ether oxygens (including phenoxy) is 1. The van der Waals surface area contributed by atoms with Gasteiger partial charge in [0.05, 0.1) is 0 Å². The Labute approximate surface area is 104 Å². The van der Waals surface area contributed by atoms with E-state index in [4.69, 9.17) is 22.1 Å². The minimum Gasteiger partial charge on any atom is -0.481 e. The predicted molar refractivity (Wildman–Crippen MR) is 64.0 cm³/mol. The lowest BCUT2D eigenvalue weighted by molar-refractivity contribution is -0.126. The predicted octanol–water partition coefficient (Wildman–Crippen LogP) is 1.61. The Hall–Kier alpha value is -1.75. The normalized spacial score (nSPS) is 11.7. The Morgan fingerprint density at radius 3 is 2.65 bits per heavy atom. The molecule has 0 aliphatic carbocycles. The third kappa shape index (κ3) is 3.96. The van der Waals surface area contributed by atoms with Gasteiger partial charge in [0.25, 0.3) is 5.91 Å². The molecule has 1 atom stereocenters. The minimum absolute atomic E-state index is 0.499. The monoisotopic (exact) mass is 256 g/mol. The molecule has 3 amide bonds. The van der Waals surface area contributed by atoms with Crippen LogP contribution in [0, 0.1) is 6.92 Å². The maximum atomic E-state index is 11.3. The fourth-order valence-corrected chi connectivity index (χ4v) is 1.29. The van der Waals surface area contributed by atoms with Crippen molar-refractivity contribution < 1.29 is 14.3 Å². The number of rotatable bonds is 3. The number of hydrogen-bond donors (Lipinski definition) is 2. The zero-order chi connectivity index (χ0) is 13.0. The van der Waals surface area contributed by atoms with Crippen LogP contribution in [0.25, 0.3) is 0 Å². The highest BCUT2D eigenvalue weighted by atomic mass is 35.5. The van der Waals surface area contributed by atoms with Crippen LogP contribution < -0.4 is 15.8 Å². The summed E-state index contributed by atoms with van der Waals surface area (Å²) in [5, 5.41) is 2.55. The van der Waals surface area contributed by atoms with Gasteiger partial charge in [-0.2, -0.15) is 0 Å². The van der Waals surface area contributed by atoms with Gasteiger partial charge in [0.2, 0.25) is 0 Å². The van der Waals surface area contributed by atoms with Crippen molar-refractivity contribution in [1.82, 2.24) is 5.32 Å². The summed E-state index contributed by atoms with van der Waals surface area (Å²) in [6, 6.07) is 4.11. The van der Waals surface area contributed by atoms with Crippen molar-refractivity contribution in [3.63, 3.8) is 0 Å². The fourth-order valence-electron chi connectivity index (χ4n) is 1.17. The van der Waals surface area contributed by atoms with Crippen molar-refractivity contribution in [3.8, 4) is 5.75 Å². The summed E-state index contributed by atoms with van der Waals surface area (Å²) >= 11 is 5.85. The second-order valence-corrected chi connectivity index (χ2v) is 3.93. The van der Waals surface area contributed by atoms with E-state index in [1.807, 2.05) is 12.2 Å². The Kier molecular flexibility index (Phi) is 4.34. The molecule has 0 bridgehead atoms. The Morgan fingerprint density at radius 2 is 2.12 bits per heavy atom. The molecule has 92 valence electrons. The highest BCUT2D eigenvalue weighted by Crippen LogP contribution is 2.21. The van der Waals surface area contributed by atoms with E-state index in [0.717, 1.165) is 5.56 Å². The average molecular weight is 257 g/mol. The van der Waals surface area contributed by atoms with E-state index in [-0.39, 0.29) is 0 Å². The molecule has 1 aromatic rings. The van der Waals surface area contributed by atoms with Crippen LogP contribution in [0.5, 0.6) is 5.75 Å². The smallest absolute Gasteiger partial charge is 0.318 e. The quantitative estimate of drug-likeness (QED) is 0.862. The van der Waals surface area contributed by atoms with E-state index in [1.165, 1.54) is 6.92 Å². The molecule has 0 heterocycles. The molecule has 0 fully saturated rings. The summed E-state index contributed by atoms with van der Waals surface area (Å²) in [5.41, 5.74) is 5.66. The Morgan fingerprint density at radius 1 is 1.47 bits per heavy atom. The first-order chi connectivity index (χ1) is 7.90. The summed E-state index contributed by atoms with van der Waals surface area (Å²) in [6.45, 7) is 3.34. The summed E-state index contributed by atoms with van der Waals surface area (Å²) in [5.74, 6) is -0.0934. The third-order valence-electron chi connectivity index (χ3n) is 2.06. The lowest BCUT2D eigenvalue weighted by Crippen LogP contribution is -2.42. The van der Waals surface area contributed by atoms with Gasteiger partial charge in [-0.25, -0.2) is 4.79 Å². The van der Waals surface area contributed by atoms with Crippen molar-refractivity contribution in [2.75, 3.05) is 0 Å². The molecule has 3 N–H and O–H groups in total. The molecule has 1 aromatic carbocycles. The van der Waals surface area contributed by atoms with Crippen molar-refractivity contribution >= 4 is 23.5 Å². The molecule has 0 spiro atoms. The second kappa shape index (κ2) is 5.54. The molecule has 1 rings (SSSR count). The number of carbonyl (C=O) groups is 2. The van der Waals surface area contributed by atoms with Crippen LogP contribution in [-0.2, 0) is 4.79 Å². The van der Waals surface area contributed by atoms with Crippen LogP contribution in [0.4, 0.5) is 4.79 Å². The minimum atomic E-state index is -0.905. The summed E-state index contributed by atoms with van der Waals surface area (Å²) in [7, 11) is 0. The fraction of sp³-hybridized carbons (Fsp3) is 0.273. The van der Waals surface area contributed by atoms with Crippen molar-refractivity contribution in [3.05, 3.63) is 28.8 Å². The number of hydrogen-bond acceptors (Lipinski definition) is 3. The van der Waals surface area contributed by atoms with Gasteiger partial charge in [-0.3, -0.25) is 10.1 Å². The maximum absolute atomic E-state index is 11.3. The van der Waals surface area contributed by atoms with Gasteiger partial charge in [0.1, 0.15) is 5.75 Å².